The van der Waals surface area contributed by atoms with Crippen molar-refractivity contribution in [3.63, 3.8) is 0 Å². The van der Waals surface area contributed by atoms with Crippen molar-refractivity contribution in [2.45, 2.75) is 6.42 Å². The van der Waals surface area contributed by atoms with E-state index in [0.717, 1.165) is 48.3 Å². The summed E-state index contributed by atoms with van der Waals surface area (Å²) in [6.07, 6.45) is 2.01. The Morgan fingerprint density at radius 2 is 1.96 bits per heavy atom. The SMILES string of the molecule is O=Cc1ccc(-c2cc(NCCCN3CCSCC3)c3sccc3n2)cc1. The number of rotatable bonds is 7. The Kier molecular flexibility index (Phi) is 6.07. The van der Waals surface area contributed by atoms with E-state index in [1.165, 1.54) is 29.3 Å². The fourth-order valence-corrected chi connectivity index (χ4v) is 5.12. The second-order valence-corrected chi connectivity index (χ2v) is 8.81. The quantitative estimate of drug-likeness (QED) is 0.465. The van der Waals surface area contributed by atoms with Gasteiger partial charge < -0.3 is 10.2 Å². The molecule has 0 radical (unpaired) electrons. The fraction of sp³-hybridized carbons (Fsp3) is 0.333. The molecule has 0 saturated carbocycles. The number of thiophene rings is 1. The number of benzene rings is 1. The minimum Gasteiger partial charge on any atom is -0.384 e. The van der Waals surface area contributed by atoms with Gasteiger partial charge in [-0.2, -0.15) is 11.8 Å². The zero-order valence-corrected chi connectivity index (χ0v) is 16.8. The van der Waals surface area contributed by atoms with Crippen LogP contribution < -0.4 is 5.32 Å². The summed E-state index contributed by atoms with van der Waals surface area (Å²) in [5.74, 6) is 2.53. The molecule has 0 bridgehead atoms. The number of carbonyl (C=O) groups excluding carboxylic acids is 1. The van der Waals surface area contributed by atoms with E-state index in [-0.39, 0.29) is 0 Å². The third-order valence-electron chi connectivity index (χ3n) is 4.82. The molecule has 6 heteroatoms. The normalized spacial score (nSPS) is 15.1. The van der Waals surface area contributed by atoms with E-state index in [0.29, 0.717) is 5.56 Å². The molecular weight excluding hydrogens is 374 g/mol. The van der Waals surface area contributed by atoms with Crippen molar-refractivity contribution in [1.29, 1.82) is 0 Å². The number of nitrogens with zero attached hydrogens (tertiary/aromatic N) is 2. The van der Waals surface area contributed by atoms with Gasteiger partial charge in [0.15, 0.2) is 0 Å². The number of hydrogen-bond acceptors (Lipinski definition) is 6. The first-order chi connectivity index (χ1) is 13.3. The van der Waals surface area contributed by atoms with Gasteiger partial charge in [0, 0.05) is 42.3 Å². The lowest BCUT2D eigenvalue weighted by molar-refractivity contribution is 0.112. The van der Waals surface area contributed by atoms with Crippen LogP contribution in [-0.2, 0) is 0 Å². The van der Waals surface area contributed by atoms with Gasteiger partial charge in [-0.15, -0.1) is 11.3 Å². The summed E-state index contributed by atoms with van der Waals surface area (Å²) < 4.78 is 1.21. The Labute approximate surface area is 168 Å². The summed E-state index contributed by atoms with van der Waals surface area (Å²) in [6, 6.07) is 11.8. The van der Waals surface area contributed by atoms with E-state index < -0.39 is 0 Å². The number of aromatic nitrogens is 1. The van der Waals surface area contributed by atoms with Crippen LogP contribution in [0.1, 0.15) is 16.8 Å². The molecule has 140 valence electrons. The van der Waals surface area contributed by atoms with E-state index in [2.05, 4.69) is 39.5 Å². The lowest BCUT2D eigenvalue weighted by Gasteiger charge is -2.26. The lowest BCUT2D eigenvalue weighted by atomic mass is 10.1. The van der Waals surface area contributed by atoms with E-state index in [1.807, 2.05) is 24.3 Å². The molecule has 0 amide bonds. The molecule has 3 heterocycles. The molecule has 0 spiro atoms. The van der Waals surface area contributed by atoms with Crippen LogP contribution in [0.5, 0.6) is 0 Å². The van der Waals surface area contributed by atoms with Gasteiger partial charge in [0.1, 0.15) is 6.29 Å². The Morgan fingerprint density at radius 1 is 1.15 bits per heavy atom. The van der Waals surface area contributed by atoms with Crippen molar-refractivity contribution < 1.29 is 4.79 Å². The van der Waals surface area contributed by atoms with Gasteiger partial charge in [0.25, 0.3) is 0 Å². The van der Waals surface area contributed by atoms with Crippen molar-refractivity contribution in [1.82, 2.24) is 9.88 Å². The Bertz CT molecular complexity index is 901. The second-order valence-electron chi connectivity index (χ2n) is 6.66. The monoisotopic (exact) mass is 397 g/mol. The topological polar surface area (TPSA) is 45.2 Å². The number of anilines is 1. The Morgan fingerprint density at radius 3 is 2.74 bits per heavy atom. The van der Waals surface area contributed by atoms with Crippen molar-refractivity contribution >= 4 is 45.3 Å². The molecule has 0 atom stereocenters. The molecule has 1 fully saturated rings. The summed E-state index contributed by atoms with van der Waals surface area (Å²) in [5, 5.41) is 5.72. The molecule has 27 heavy (non-hydrogen) atoms. The van der Waals surface area contributed by atoms with E-state index in [1.54, 1.807) is 11.3 Å². The average molecular weight is 398 g/mol. The number of fused-ring (bicyclic) bond motifs is 1. The number of nitrogens with one attached hydrogen (secondary N) is 1. The van der Waals surface area contributed by atoms with Crippen LogP contribution in [0, 0.1) is 0 Å². The fourth-order valence-electron chi connectivity index (χ4n) is 3.32. The smallest absolute Gasteiger partial charge is 0.150 e. The third-order valence-corrected chi connectivity index (χ3v) is 6.70. The second kappa shape index (κ2) is 8.87. The van der Waals surface area contributed by atoms with E-state index in [4.69, 9.17) is 4.98 Å². The van der Waals surface area contributed by atoms with Gasteiger partial charge in [0.2, 0.25) is 0 Å². The Hall–Kier alpha value is -1.89. The highest BCUT2D eigenvalue weighted by molar-refractivity contribution is 7.99. The van der Waals surface area contributed by atoms with Crippen LogP contribution in [-0.4, -0.2) is 53.9 Å². The maximum absolute atomic E-state index is 10.9. The van der Waals surface area contributed by atoms with Crippen LogP contribution in [0.3, 0.4) is 0 Å². The van der Waals surface area contributed by atoms with Crippen LogP contribution in [0.2, 0.25) is 0 Å². The predicted octanol–water partition coefficient (Wildman–Crippen LogP) is 4.63. The summed E-state index contributed by atoms with van der Waals surface area (Å²) >= 11 is 3.78. The lowest BCUT2D eigenvalue weighted by Crippen LogP contribution is -2.34. The summed E-state index contributed by atoms with van der Waals surface area (Å²) in [6.45, 7) is 4.56. The number of thioether (sulfide) groups is 1. The van der Waals surface area contributed by atoms with Gasteiger partial charge >= 0.3 is 0 Å². The van der Waals surface area contributed by atoms with Crippen LogP contribution >= 0.6 is 23.1 Å². The first-order valence-electron chi connectivity index (χ1n) is 9.31. The van der Waals surface area contributed by atoms with Gasteiger partial charge in [-0.25, -0.2) is 4.98 Å². The first-order valence-corrected chi connectivity index (χ1v) is 11.3. The van der Waals surface area contributed by atoms with Crippen molar-refractivity contribution in [3.05, 3.63) is 47.3 Å². The van der Waals surface area contributed by atoms with E-state index >= 15 is 0 Å². The van der Waals surface area contributed by atoms with Crippen LogP contribution in [0.25, 0.3) is 21.5 Å². The average Bonchev–Trinajstić information content (AvgIpc) is 3.21. The van der Waals surface area contributed by atoms with Crippen LogP contribution in [0.4, 0.5) is 5.69 Å². The highest BCUT2D eigenvalue weighted by atomic mass is 32.2. The number of carbonyl (C=O) groups is 1. The number of hydrogen-bond donors (Lipinski definition) is 1. The molecule has 1 aromatic carbocycles. The van der Waals surface area contributed by atoms with Crippen molar-refractivity contribution in [2.75, 3.05) is 43.0 Å². The van der Waals surface area contributed by atoms with Gasteiger partial charge in [0.05, 0.1) is 21.6 Å². The molecule has 4 rings (SSSR count). The van der Waals surface area contributed by atoms with Crippen molar-refractivity contribution in [3.8, 4) is 11.3 Å². The maximum atomic E-state index is 10.9. The molecule has 1 aliphatic heterocycles. The zero-order valence-electron chi connectivity index (χ0n) is 15.2. The molecule has 1 aliphatic rings. The zero-order chi connectivity index (χ0) is 18.5. The largest absolute Gasteiger partial charge is 0.384 e. The van der Waals surface area contributed by atoms with Gasteiger partial charge in [-0.05, 0) is 30.5 Å². The molecule has 4 nitrogen and oxygen atoms in total. The maximum Gasteiger partial charge on any atom is 0.150 e. The summed E-state index contributed by atoms with van der Waals surface area (Å²) in [5.41, 5.74) is 4.83. The molecule has 1 N–H and O–H groups in total. The van der Waals surface area contributed by atoms with Crippen molar-refractivity contribution in [2.24, 2.45) is 0 Å². The molecular formula is C21H23N3OS2. The number of pyridine rings is 1. The minimum atomic E-state index is 0.685. The minimum absolute atomic E-state index is 0.685. The highest BCUT2D eigenvalue weighted by Crippen LogP contribution is 2.32. The first kappa shape index (κ1) is 18.5. The number of aldehydes is 1. The molecule has 0 unspecified atom stereocenters. The van der Waals surface area contributed by atoms with Gasteiger partial charge in [-0.3, -0.25) is 4.79 Å². The molecule has 1 saturated heterocycles. The molecule has 2 aromatic heterocycles. The molecule has 0 aliphatic carbocycles. The third kappa shape index (κ3) is 4.51. The summed E-state index contributed by atoms with van der Waals surface area (Å²) in [7, 11) is 0. The van der Waals surface area contributed by atoms with Crippen LogP contribution in [0.15, 0.2) is 41.8 Å². The standard InChI is InChI=1S/C21H23N3OS2/c25-15-16-2-4-17(5-3-16)19-14-20(21-18(23-19)6-11-27-21)22-7-1-8-24-9-12-26-13-10-24/h2-6,11,14-15H,1,7-10,12-13H2,(H,22,23). The van der Waals surface area contributed by atoms with Gasteiger partial charge in [-0.1, -0.05) is 24.3 Å². The predicted molar refractivity (Wildman–Crippen MR) is 117 cm³/mol. The van der Waals surface area contributed by atoms with E-state index in [9.17, 15) is 4.79 Å². The Balaban J connectivity index is 1.47. The molecule has 3 aromatic rings. The summed E-state index contributed by atoms with van der Waals surface area (Å²) in [4.78, 5) is 18.2. The highest BCUT2D eigenvalue weighted by Gasteiger charge is 2.11.